The van der Waals surface area contributed by atoms with E-state index in [1.165, 1.54) is 13.2 Å². The number of aliphatic hydroxyl groups is 3. The second-order valence-electron chi connectivity index (χ2n) is 15.7. The molecule has 14 heteroatoms. The van der Waals surface area contributed by atoms with Gasteiger partial charge in [-0.3, -0.25) is 4.79 Å². The van der Waals surface area contributed by atoms with Crippen LogP contribution in [0.15, 0.2) is 24.0 Å². The number of epoxide rings is 1. The number of hydrogen-bond acceptors (Lipinski definition) is 14. The fourth-order valence-electron chi connectivity index (χ4n) is 12.0. The van der Waals surface area contributed by atoms with Crippen molar-refractivity contribution >= 4 is 17.9 Å². The van der Waals surface area contributed by atoms with E-state index < -0.39 is 111 Å². The van der Waals surface area contributed by atoms with E-state index in [-0.39, 0.29) is 19.6 Å². The summed E-state index contributed by atoms with van der Waals surface area (Å²) in [5.41, 5.74) is -7.75. The largest absolute Gasteiger partial charge is 0.469 e. The lowest BCUT2D eigenvalue weighted by Gasteiger charge is -2.66. The maximum Gasteiger partial charge on any atom is 0.366 e. The quantitative estimate of drug-likeness (QED) is 0.159. The SMILES string of the molecule is C/C=C(\C)C(=O)O[C@H]1C[C@@H](OC(C)=O)[C@@]2(C)CO[C@@H]3[C@@H](O)[C@@](C)([C@]45O[C@@]4(C)[C@H]4C[C@@H]5O[C@@H]5OC=C[C@]54O)[C@H]4[C@]1(CO[C@@]4(O)C(=O)OC)[C@@H]32. The molecule has 0 aromatic heterocycles. The van der Waals surface area contributed by atoms with Crippen molar-refractivity contribution in [2.75, 3.05) is 20.3 Å². The van der Waals surface area contributed by atoms with Gasteiger partial charge in [-0.15, -0.1) is 0 Å². The van der Waals surface area contributed by atoms with Crippen molar-refractivity contribution in [3.63, 3.8) is 0 Å². The summed E-state index contributed by atoms with van der Waals surface area (Å²) in [5, 5.41) is 37.2. The lowest BCUT2D eigenvalue weighted by atomic mass is 9.37. The van der Waals surface area contributed by atoms with Crippen molar-refractivity contribution in [2.24, 2.45) is 34.0 Å². The first-order chi connectivity index (χ1) is 22.5. The molecule has 5 heterocycles. The molecule has 0 amide bonds. The summed E-state index contributed by atoms with van der Waals surface area (Å²) in [6, 6.07) is 0. The van der Waals surface area contributed by atoms with Crippen molar-refractivity contribution in [3.8, 4) is 0 Å². The highest BCUT2D eigenvalue weighted by atomic mass is 16.7. The zero-order valence-corrected chi connectivity index (χ0v) is 28.1. The third-order valence-electron chi connectivity index (χ3n) is 14.0. The van der Waals surface area contributed by atoms with Gasteiger partial charge in [-0.25, -0.2) is 9.59 Å². The molecule has 8 aliphatic rings. The molecule has 16 atom stereocenters. The van der Waals surface area contributed by atoms with Crippen LogP contribution in [0.4, 0.5) is 0 Å². The molecule has 4 saturated heterocycles. The first-order valence-corrected chi connectivity index (χ1v) is 16.6. The number of esters is 3. The molecule has 0 radical (unpaired) electrons. The van der Waals surface area contributed by atoms with Gasteiger partial charge in [0, 0.05) is 52.9 Å². The van der Waals surface area contributed by atoms with Gasteiger partial charge in [-0.05, 0) is 33.3 Å². The average Bonchev–Trinajstić information content (AvgIpc) is 3.37. The van der Waals surface area contributed by atoms with Crippen LogP contribution in [0.2, 0.25) is 0 Å². The normalized spacial score (nSPS) is 56.7. The van der Waals surface area contributed by atoms with E-state index in [0.29, 0.717) is 12.0 Å². The van der Waals surface area contributed by atoms with Crippen molar-refractivity contribution in [2.45, 2.75) is 114 Å². The molecular weight excluding hydrogens is 632 g/mol. The molecule has 3 saturated carbocycles. The predicted molar refractivity (Wildman–Crippen MR) is 158 cm³/mol. The average molecular weight is 677 g/mol. The van der Waals surface area contributed by atoms with Gasteiger partial charge in [0.2, 0.25) is 6.29 Å². The minimum Gasteiger partial charge on any atom is -0.469 e. The number of rotatable bonds is 5. The van der Waals surface area contributed by atoms with Crippen LogP contribution in [0.25, 0.3) is 0 Å². The van der Waals surface area contributed by atoms with Crippen molar-refractivity contribution in [1.29, 1.82) is 0 Å². The molecule has 5 aliphatic heterocycles. The summed E-state index contributed by atoms with van der Waals surface area (Å²) in [6.07, 6.45) is -1.21. The molecule has 14 nitrogen and oxygen atoms in total. The summed E-state index contributed by atoms with van der Waals surface area (Å²) < 4.78 is 48.9. The number of ether oxygens (including phenoxy) is 8. The molecule has 3 aliphatic carbocycles. The third kappa shape index (κ3) is 3.32. The van der Waals surface area contributed by atoms with E-state index in [0.717, 1.165) is 7.11 Å². The minimum atomic E-state index is -2.66. The standard InChI is InChI=1S/C34H44O14/c1-8-15(2)24(37)46-19-12-18(45-16(3)35)28(4)13-43-21-22(28)31(19)14-44-33(40,26(38)41-7)25(31)29(5,23(21)36)34-20-11-17(30(34,6)48-34)32(39)9-10-42-27(32)47-20/h8-10,17-23,25,27,36,39-40H,11-14H2,1-7H3/b15-8+/t17-,18-,19+,20+,21+,22+,23-,25+,27+,28-,29-,30+,31+,32-,33-,34+/m1/s1. The van der Waals surface area contributed by atoms with Crippen LogP contribution in [0.3, 0.4) is 0 Å². The fraction of sp³-hybridized carbons (Fsp3) is 0.794. The number of fused-ring (bicyclic) bond motifs is 7. The van der Waals surface area contributed by atoms with Gasteiger partial charge in [-0.1, -0.05) is 19.9 Å². The fourth-order valence-corrected chi connectivity index (χ4v) is 12.0. The molecule has 7 fully saturated rings. The second kappa shape index (κ2) is 9.59. The number of carbonyl (C=O) groups excluding carboxylic acids is 3. The Morgan fingerprint density at radius 1 is 1.02 bits per heavy atom. The van der Waals surface area contributed by atoms with Crippen LogP contribution in [-0.4, -0.2) is 113 Å². The van der Waals surface area contributed by atoms with E-state index in [2.05, 4.69) is 0 Å². The molecule has 8 rings (SSSR count). The predicted octanol–water partition coefficient (Wildman–Crippen LogP) is 0.644. The van der Waals surface area contributed by atoms with Crippen molar-refractivity contribution in [1.82, 2.24) is 0 Å². The first-order valence-electron chi connectivity index (χ1n) is 16.6. The lowest BCUT2D eigenvalue weighted by molar-refractivity contribution is -0.314. The maximum absolute atomic E-state index is 13.8. The van der Waals surface area contributed by atoms with Crippen molar-refractivity contribution in [3.05, 3.63) is 24.0 Å². The van der Waals surface area contributed by atoms with E-state index in [4.69, 9.17) is 37.9 Å². The van der Waals surface area contributed by atoms with Crippen LogP contribution in [0.5, 0.6) is 0 Å². The zero-order chi connectivity index (χ0) is 34.6. The summed E-state index contributed by atoms with van der Waals surface area (Å²) in [5.74, 6) is -7.58. The van der Waals surface area contributed by atoms with E-state index in [1.54, 1.807) is 32.9 Å². The van der Waals surface area contributed by atoms with Crippen LogP contribution in [0, 0.1) is 34.0 Å². The number of methoxy groups -OCH3 is 1. The highest BCUT2D eigenvalue weighted by Crippen LogP contribution is 2.82. The third-order valence-corrected chi connectivity index (χ3v) is 14.0. The monoisotopic (exact) mass is 676 g/mol. The number of carbonyl (C=O) groups is 3. The first kappa shape index (κ1) is 32.6. The van der Waals surface area contributed by atoms with Gasteiger partial charge in [0.25, 0.3) is 5.79 Å². The van der Waals surface area contributed by atoms with E-state index in [9.17, 15) is 29.7 Å². The van der Waals surface area contributed by atoms with Crippen molar-refractivity contribution < 1.29 is 67.6 Å². The van der Waals surface area contributed by atoms with Gasteiger partial charge in [-0.2, -0.15) is 0 Å². The molecule has 1 spiro atoms. The Bertz CT molecular complexity index is 1540. The molecule has 2 bridgehead atoms. The summed E-state index contributed by atoms with van der Waals surface area (Å²) >= 11 is 0. The molecule has 0 unspecified atom stereocenters. The smallest absolute Gasteiger partial charge is 0.366 e. The molecule has 264 valence electrons. The van der Waals surface area contributed by atoms with Gasteiger partial charge >= 0.3 is 17.9 Å². The van der Waals surface area contributed by atoms with Gasteiger partial charge in [0.05, 0.1) is 44.9 Å². The van der Waals surface area contributed by atoms with Gasteiger partial charge in [0.1, 0.15) is 23.4 Å². The molecule has 48 heavy (non-hydrogen) atoms. The number of allylic oxidation sites excluding steroid dienone is 1. The lowest BCUT2D eigenvalue weighted by Crippen LogP contribution is -2.78. The zero-order valence-electron chi connectivity index (χ0n) is 28.1. The maximum atomic E-state index is 13.8. The van der Waals surface area contributed by atoms with Crippen LogP contribution >= 0.6 is 0 Å². The molecule has 0 aromatic rings. The molecule has 0 aromatic carbocycles. The summed E-state index contributed by atoms with van der Waals surface area (Å²) in [7, 11) is 1.13. The van der Waals surface area contributed by atoms with Crippen LogP contribution < -0.4 is 0 Å². The number of aliphatic hydroxyl groups excluding tert-OH is 1. The van der Waals surface area contributed by atoms with Gasteiger partial charge in [0.15, 0.2) is 5.60 Å². The van der Waals surface area contributed by atoms with Gasteiger partial charge < -0.3 is 53.2 Å². The Hall–Kier alpha value is -2.59. The second-order valence-corrected chi connectivity index (χ2v) is 15.7. The highest BCUT2D eigenvalue weighted by Gasteiger charge is 2.96. The topological polar surface area (TPSA) is 189 Å². The molecular formula is C34H44O14. The molecule has 3 N–H and O–H groups in total. The Balaban J connectivity index is 1.37. The number of hydrogen-bond donors (Lipinski definition) is 3. The highest BCUT2D eigenvalue weighted by molar-refractivity contribution is 5.88. The van der Waals surface area contributed by atoms with E-state index >= 15 is 0 Å². The Morgan fingerprint density at radius 2 is 1.75 bits per heavy atom. The Labute approximate surface area is 277 Å². The minimum absolute atomic E-state index is 0.00280. The van der Waals surface area contributed by atoms with E-state index in [1.807, 2.05) is 13.8 Å². The Morgan fingerprint density at radius 3 is 2.42 bits per heavy atom. The summed E-state index contributed by atoms with van der Waals surface area (Å²) in [4.78, 5) is 39.8. The summed E-state index contributed by atoms with van der Waals surface area (Å²) in [6.45, 7) is 9.81. The van der Waals surface area contributed by atoms with Crippen LogP contribution in [0.1, 0.15) is 54.4 Å². The Kier molecular flexibility index (Phi) is 6.52. The van der Waals surface area contributed by atoms with Crippen LogP contribution in [-0.2, 0) is 52.3 Å².